The Hall–Kier alpha value is -2.36. The minimum absolute atomic E-state index is 0.647. The van der Waals surface area contributed by atoms with Crippen LogP contribution in [-0.2, 0) is 0 Å². The Morgan fingerprint density at radius 2 is 1.78 bits per heavy atom. The zero-order chi connectivity index (χ0) is 15.4. The van der Waals surface area contributed by atoms with E-state index in [0.717, 1.165) is 32.5 Å². The maximum absolute atomic E-state index is 6.39. The van der Waals surface area contributed by atoms with Crippen molar-refractivity contribution in [3.05, 3.63) is 65.7 Å². The van der Waals surface area contributed by atoms with Crippen LogP contribution in [0.15, 0.2) is 65.1 Å². The van der Waals surface area contributed by atoms with Crippen LogP contribution in [0.4, 0.5) is 0 Å². The largest absolute Gasteiger partial charge is 0.436 e. The first-order valence-electron chi connectivity index (χ1n) is 7.26. The minimum Gasteiger partial charge on any atom is -0.436 e. The van der Waals surface area contributed by atoms with Gasteiger partial charge in [0.15, 0.2) is 5.58 Å². The van der Waals surface area contributed by atoms with Crippen LogP contribution in [0.1, 0.15) is 0 Å². The van der Waals surface area contributed by atoms with E-state index in [1.807, 2.05) is 42.5 Å². The molecule has 0 N–H and O–H groups in total. The summed E-state index contributed by atoms with van der Waals surface area (Å²) in [7, 11) is 0. The maximum Gasteiger partial charge on any atom is 0.227 e. The van der Waals surface area contributed by atoms with Gasteiger partial charge < -0.3 is 4.42 Å². The smallest absolute Gasteiger partial charge is 0.227 e. The standard InChI is InChI=1S/C19H10ClNOS/c20-13-7-4-8-16-18(13)12-9-15-14(10-17(12)23-16)21-19(22-15)11-5-2-1-3-6-11/h1-10H. The Kier molecular flexibility index (Phi) is 2.75. The van der Waals surface area contributed by atoms with E-state index in [1.54, 1.807) is 11.3 Å². The predicted molar refractivity (Wildman–Crippen MR) is 97.3 cm³/mol. The quantitative estimate of drug-likeness (QED) is 0.348. The van der Waals surface area contributed by atoms with Gasteiger partial charge in [-0.15, -0.1) is 11.3 Å². The van der Waals surface area contributed by atoms with E-state index in [9.17, 15) is 0 Å². The molecule has 0 aliphatic carbocycles. The number of hydrogen-bond acceptors (Lipinski definition) is 3. The zero-order valence-corrected chi connectivity index (χ0v) is 13.5. The van der Waals surface area contributed by atoms with Gasteiger partial charge in [0, 0.05) is 30.8 Å². The van der Waals surface area contributed by atoms with E-state index in [2.05, 4.69) is 23.2 Å². The average molecular weight is 336 g/mol. The monoisotopic (exact) mass is 335 g/mol. The number of thiophene rings is 1. The van der Waals surface area contributed by atoms with E-state index >= 15 is 0 Å². The van der Waals surface area contributed by atoms with Gasteiger partial charge in [-0.05, 0) is 36.4 Å². The third-order valence-corrected chi connectivity index (χ3v) is 5.41. The molecule has 2 nitrogen and oxygen atoms in total. The molecule has 2 heterocycles. The molecule has 5 aromatic rings. The number of aromatic nitrogens is 1. The number of oxazole rings is 1. The highest BCUT2D eigenvalue weighted by Gasteiger charge is 2.13. The lowest BCUT2D eigenvalue weighted by Gasteiger charge is -1.94. The molecule has 110 valence electrons. The van der Waals surface area contributed by atoms with Crippen LogP contribution in [0.3, 0.4) is 0 Å². The van der Waals surface area contributed by atoms with E-state index in [4.69, 9.17) is 16.0 Å². The first kappa shape index (κ1) is 13.1. The lowest BCUT2D eigenvalue weighted by molar-refractivity contribution is 0.620. The van der Waals surface area contributed by atoms with Crippen LogP contribution in [0.2, 0.25) is 5.02 Å². The van der Waals surface area contributed by atoms with Crippen molar-refractivity contribution in [1.29, 1.82) is 0 Å². The summed E-state index contributed by atoms with van der Waals surface area (Å²) in [4.78, 5) is 4.63. The number of rotatable bonds is 1. The molecule has 0 radical (unpaired) electrons. The zero-order valence-electron chi connectivity index (χ0n) is 11.9. The van der Waals surface area contributed by atoms with Crippen LogP contribution < -0.4 is 0 Å². The van der Waals surface area contributed by atoms with Gasteiger partial charge in [0.05, 0.1) is 0 Å². The number of fused-ring (bicyclic) bond motifs is 4. The first-order valence-corrected chi connectivity index (χ1v) is 8.46. The molecule has 0 aliphatic heterocycles. The number of hydrogen-bond donors (Lipinski definition) is 0. The van der Waals surface area contributed by atoms with Crippen molar-refractivity contribution in [1.82, 2.24) is 4.98 Å². The Balaban J connectivity index is 1.82. The second kappa shape index (κ2) is 4.82. The molecule has 0 aliphatic rings. The molecule has 23 heavy (non-hydrogen) atoms. The van der Waals surface area contributed by atoms with Crippen molar-refractivity contribution in [2.45, 2.75) is 0 Å². The van der Waals surface area contributed by atoms with E-state index in [1.165, 1.54) is 9.40 Å². The molecular weight excluding hydrogens is 326 g/mol. The Labute approximate surface area is 140 Å². The fourth-order valence-corrected chi connectivity index (χ4v) is 4.39. The van der Waals surface area contributed by atoms with Crippen molar-refractivity contribution < 1.29 is 4.42 Å². The van der Waals surface area contributed by atoms with Gasteiger partial charge in [-0.25, -0.2) is 4.98 Å². The summed E-state index contributed by atoms with van der Waals surface area (Å²) >= 11 is 8.12. The molecule has 5 rings (SSSR count). The molecule has 0 amide bonds. The number of nitrogens with zero attached hydrogens (tertiary/aromatic N) is 1. The van der Waals surface area contributed by atoms with E-state index < -0.39 is 0 Å². The maximum atomic E-state index is 6.39. The van der Waals surface area contributed by atoms with Crippen LogP contribution in [0, 0.1) is 0 Å². The third-order valence-electron chi connectivity index (χ3n) is 3.98. The highest BCUT2D eigenvalue weighted by Crippen LogP contribution is 2.40. The molecule has 0 fully saturated rings. The summed E-state index contributed by atoms with van der Waals surface area (Å²) in [6.07, 6.45) is 0. The van der Waals surface area contributed by atoms with Crippen LogP contribution in [-0.4, -0.2) is 4.98 Å². The third kappa shape index (κ3) is 1.97. The lowest BCUT2D eigenvalue weighted by Crippen LogP contribution is -1.74. The number of benzene rings is 3. The van der Waals surface area contributed by atoms with Crippen molar-refractivity contribution in [2.24, 2.45) is 0 Å². The van der Waals surface area contributed by atoms with Gasteiger partial charge >= 0.3 is 0 Å². The van der Waals surface area contributed by atoms with Gasteiger partial charge in [-0.2, -0.15) is 0 Å². The predicted octanol–water partition coefficient (Wildman–Crippen LogP) is 6.52. The number of halogens is 1. The highest BCUT2D eigenvalue weighted by atomic mass is 35.5. The summed E-state index contributed by atoms with van der Waals surface area (Å²) in [5.41, 5.74) is 2.64. The Morgan fingerprint density at radius 1 is 0.913 bits per heavy atom. The summed E-state index contributed by atoms with van der Waals surface area (Å²) in [6.45, 7) is 0. The van der Waals surface area contributed by atoms with Crippen LogP contribution >= 0.6 is 22.9 Å². The summed E-state index contributed by atoms with van der Waals surface area (Å²) < 4.78 is 8.33. The molecule has 0 bridgehead atoms. The summed E-state index contributed by atoms with van der Waals surface area (Å²) in [5.74, 6) is 0.647. The Morgan fingerprint density at radius 3 is 2.65 bits per heavy atom. The first-order chi connectivity index (χ1) is 11.3. The second-order valence-corrected chi connectivity index (χ2v) is 6.91. The fraction of sp³-hybridized carbons (Fsp3) is 0. The molecular formula is C19H10ClNOS. The topological polar surface area (TPSA) is 26.0 Å². The van der Waals surface area contributed by atoms with Gasteiger partial charge in [0.2, 0.25) is 5.89 Å². The van der Waals surface area contributed by atoms with Crippen molar-refractivity contribution in [3.63, 3.8) is 0 Å². The normalized spacial score (nSPS) is 11.7. The van der Waals surface area contributed by atoms with E-state index in [-0.39, 0.29) is 0 Å². The Bertz CT molecular complexity index is 1170. The molecule has 0 atom stereocenters. The summed E-state index contributed by atoms with van der Waals surface area (Å²) in [5, 5.41) is 2.99. The van der Waals surface area contributed by atoms with Gasteiger partial charge in [-0.3, -0.25) is 0 Å². The van der Waals surface area contributed by atoms with Crippen molar-refractivity contribution in [2.75, 3.05) is 0 Å². The second-order valence-electron chi connectivity index (χ2n) is 5.42. The molecule has 0 saturated carbocycles. The van der Waals surface area contributed by atoms with Crippen molar-refractivity contribution in [3.8, 4) is 11.5 Å². The van der Waals surface area contributed by atoms with Crippen molar-refractivity contribution >= 4 is 54.2 Å². The average Bonchev–Trinajstić information content (AvgIpc) is 3.14. The lowest BCUT2D eigenvalue weighted by atomic mass is 10.1. The molecule has 0 saturated heterocycles. The van der Waals surface area contributed by atoms with Crippen LogP contribution in [0.25, 0.3) is 42.7 Å². The molecule has 3 aromatic carbocycles. The SMILES string of the molecule is Clc1cccc2sc3cc4nc(-c5ccccc5)oc4cc3c12. The van der Waals surface area contributed by atoms with E-state index in [0.29, 0.717) is 5.89 Å². The van der Waals surface area contributed by atoms with Gasteiger partial charge in [0.1, 0.15) is 5.52 Å². The molecule has 2 aromatic heterocycles. The minimum atomic E-state index is 0.647. The fourth-order valence-electron chi connectivity index (χ4n) is 2.91. The van der Waals surface area contributed by atoms with Gasteiger partial charge in [0.25, 0.3) is 0 Å². The molecule has 0 unspecified atom stereocenters. The highest BCUT2D eigenvalue weighted by molar-refractivity contribution is 7.26. The van der Waals surface area contributed by atoms with Crippen LogP contribution in [0.5, 0.6) is 0 Å². The van der Waals surface area contributed by atoms with Gasteiger partial charge in [-0.1, -0.05) is 35.9 Å². The summed E-state index contributed by atoms with van der Waals surface area (Å²) in [6, 6.07) is 20.1. The molecule has 4 heteroatoms. The molecule has 0 spiro atoms.